The topological polar surface area (TPSA) is 63.6 Å². The normalized spacial score (nSPS) is 28.0. The molecule has 2 aliphatic heterocycles. The lowest BCUT2D eigenvalue weighted by Gasteiger charge is -2.25. The monoisotopic (exact) mass is 350 g/mol. The van der Waals surface area contributed by atoms with Gasteiger partial charge in [-0.3, -0.25) is 9.59 Å². The van der Waals surface area contributed by atoms with Crippen LogP contribution in [0, 0.1) is 11.8 Å². The number of ether oxygens (including phenoxy) is 1. The minimum Gasteiger partial charge on any atom is -0.481 e. The molecule has 142 valence electrons. The number of hydrogen-bond donors (Lipinski definition) is 1. The van der Waals surface area contributed by atoms with Crippen molar-refractivity contribution in [3.8, 4) is 0 Å². The van der Waals surface area contributed by atoms with Gasteiger partial charge in [0.05, 0.1) is 12.2 Å². The van der Waals surface area contributed by atoms with Crippen LogP contribution in [0.1, 0.15) is 84.0 Å². The molecule has 1 N–H and O–H groups in total. The van der Waals surface area contributed by atoms with Gasteiger partial charge < -0.3 is 9.84 Å². The standard InChI is InChI=1S/C21H34O4/c1-2-3-6-9-16(22)12-13-18-17(19-14-15-20(18)25-19)10-7-4-5-8-11-21(23)24/h12-13,17-20H,2-11,14-15H2,1H3,(H,23,24)/b13-12+/t17-,18-,19+,20-/m0/s1. The van der Waals surface area contributed by atoms with E-state index in [1.165, 1.54) is 0 Å². The van der Waals surface area contributed by atoms with Gasteiger partial charge in [0, 0.05) is 18.8 Å². The smallest absolute Gasteiger partial charge is 0.303 e. The highest BCUT2D eigenvalue weighted by Crippen LogP contribution is 2.46. The Morgan fingerprint density at radius 1 is 1.00 bits per heavy atom. The number of rotatable bonds is 13. The first-order valence-electron chi connectivity index (χ1n) is 10.2. The van der Waals surface area contributed by atoms with E-state index in [1.54, 1.807) is 0 Å². The Hall–Kier alpha value is -1.16. The number of carboxylic acid groups (broad SMARTS) is 1. The maximum atomic E-state index is 12.0. The number of allylic oxidation sites excluding steroid dienone is 1. The molecule has 2 fully saturated rings. The molecule has 2 heterocycles. The molecule has 0 radical (unpaired) electrons. The Labute approximate surface area is 152 Å². The van der Waals surface area contributed by atoms with E-state index in [-0.39, 0.29) is 12.2 Å². The quantitative estimate of drug-likeness (QED) is 0.378. The number of carbonyl (C=O) groups excluding carboxylic acids is 1. The first-order valence-corrected chi connectivity index (χ1v) is 10.2. The lowest BCUT2D eigenvalue weighted by atomic mass is 9.76. The molecular weight excluding hydrogens is 316 g/mol. The fraction of sp³-hybridized carbons (Fsp3) is 0.810. The van der Waals surface area contributed by atoms with Gasteiger partial charge in [-0.25, -0.2) is 0 Å². The van der Waals surface area contributed by atoms with Gasteiger partial charge in [-0.2, -0.15) is 0 Å². The van der Waals surface area contributed by atoms with Gasteiger partial charge >= 0.3 is 5.97 Å². The van der Waals surface area contributed by atoms with Gasteiger partial charge in [-0.15, -0.1) is 0 Å². The third-order valence-corrected chi connectivity index (χ3v) is 5.70. The van der Waals surface area contributed by atoms with Crippen molar-refractivity contribution >= 4 is 11.8 Å². The van der Waals surface area contributed by atoms with Gasteiger partial charge in [-0.05, 0) is 44.1 Å². The Kier molecular flexibility index (Phi) is 8.66. The molecule has 0 unspecified atom stereocenters. The summed E-state index contributed by atoms with van der Waals surface area (Å²) in [5.74, 6) is 0.491. The maximum absolute atomic E-state index is 12.0. The molecule has 2 rings (SSSR count). The van der Waals surface area contributed by atoms with Crippen LogP contribution in [-0.4, -0.2) is 29.1 Å². The largest absolute Gasteiger partial charge is 0.481 e. The van der Waals surface area contributed by atoms with E-state index in [9.17, 15) is 9.59 Å². The summed E-state index contributed by atoms with van der Waals surface area (Å²) in [5, 5.41) is 8.67. The average Bonchev–Trinajstić information content (AvgIpc) is 3.17. The molecule has 0 aromatic carbocycles. The lowest BCUT2D eigenvalue weighted by molar-refractivity contribution is -0.137. The molecule has 2 bridgehead atoms. The van der Waals surface area contributed by atoms with Gasteiger partial charge in [0.25, 0.3) is 0 Å². The average molecular weight is 350 g/mol. The molecule has 4 nitrogen and oxygen atoms in total. The van der Waals surface area contributed by atoms with Crippen LogP contribution in [0.4, 0.5) is 0 Å². The van der Waals surface area contributed by atoms with Gasteiger partial charge in [-0.1, -0.05) is 45.1 Å². The van der Waals surface area contributed by atoms with Crippen LogP contribution >= 0.6 is 0 Å². The van der Waals surface area contributed by atoms with Crippen LogP contribution in [0.15, 0.2) is 12.2 Å². The second-order valence-corrected chi connectivity index (χ2v) is 7.66. The van der Waals surface area contributed by atoms with E-state index in [0.29, 0.717) is 30.5 Å². The molecule has 2 saturated heterocycles. The minimum absolute atomic E-state index is 0.253. The Bertz CT molecular complexity index is 457. The molecule has 4 atom stereocenters. The molecule has 2 aliphatic rings. The third kappa shape index (κ3) is 6.58. The van der Waals surface area contributed by atoms with Crippen molar-refractivity contribution in [3.63, 3.8) is 0 Å². The van der Waals surface area contributed by atoms with Crippen LogP contribution in [0.3, 0.4) is 0 Å². The highest BCUT2D eigenvalue weighted by Gasteiger charge is 2.47. The highest BCUT2D eigenvalue weighted by molar-refractivity contribution is 5.89. The van der Waals surface area contributed by atoms with Crippen molar-refractivity contribution in [2.45, 2.75) is 96.2 Å². The molecule has 0 amide bonds. The van der Waals surface area contributed by atoms with Gasteiger partial charge in [0.2, 0.25) is 0 Å². The van der Waals surface area contributed by atoms with Crippen molar-refractivity contribution in [1.29, 1.82) is 0 Å². The summed E-state index contributed by atoms with van der Waals surface area (Å²) in [5.41, 5.74) is 0. The first kappa shape index (κ1) is 20.2. The lowest BCUT2D eigenvalue weighted by Crippen LogP contribution is -2.25. The van der Waals surface area contributed by atoms with Crippen LogP contribution in [0.25, 0.3) is 0 Å². The summed E-state index contributed by atoms with van der Waals surface area (Å²) >= 11 is 0. The van der Waals surface area contributed by atoms with E-state index in [1.807, 2.05) is 6.08 Å². The zero-order valence-corrected chi connectivity index (χ0v) is 15.6. The zero-order chi connectivity index (χ0) is 18.1. The summed E-state index contributed by atoms with van der Waals surface area (Å²) < 4.78 is 6.10. The van der Waals surface area contributed by atoms with Crippen molar-refractivity contribution < 1.29 is 19.4 Å². The van der Waals surface area contributed by atoms with E-state index in [4.69, 9.17) is 9.84 Å². The summed E-state index contributed by atoms with van der Waals surface area (Å²) in [4.78, 5) is 22.5. The minimum atomic E-state index is -0.699. The van der Waals surface area contributed by atoms with Crippen LogP contribution in [-0.2, 0) is 14.3 Å². The second-order valence-electron chi connectivity index (χ2n) is 7.66. The van der Waals surface area contributed by atoms with Gasteiger partial charge in [0.1, 0.15) is 0 Å². The maximum Gasteiger partial charge on any atom is 0.303 e. The Morgan fingerprint density at radius 2 is 1.72 bits per heavy atom. The number of ketones is 1. The summed E-state index contributed by atoms with van der Waals surface area (Å²) in [7, 11) is 0. The second kappa shape index (κ2) is 10.7. The molecule has 0 saturated carbocycles. The molecule has 0 spiro atoms. The molecule has 0 aliphatic carbocycles. The fourth-order valence-electron chi connectivity index (χ4n) is 4.32. The van der Waals surface area contributed by atoms with Crippen molar-refractivity contribution in [2.75, 3.05) is 0 Å². The van der Waals surface area contributed by atoms with Gasteiger partial charge in [0.15, 0.2) is 5.78 Å². The van der Waals surface area contributed by atoms with Crippen LogP contribution in [0.5, 0.6) is 0 Å². The number of fused-ring (bicyclic) bond motifs is 2. The third-order valence-electron chi connectivity index (χ3n) is 5.70. The van der Waals surface area contributed by atoms with Crippen molar-refractivity contribution in [3.05, 3.63) is 12.2 Å². The Balaban J connectivity index is 1.72. The fourth-order valence-corrected chi connectivity index (χ4v) is 4.32. The predicted octanol–water partition coefficient (Wildman–Crippen LogP) is 4.91. The summed E-state index contributed by atoms with van der Waals surface area (Å²) in [6.45, 7) is 2.15. The summed E-state index contributed by atoms with van der Waals surface area (Å²) in [6, 6.07) is 0. The zero-order valence-electron chi connectivity index (χ0n) is 15.6. The van der Waals surface area contributed by atoms with E-state index in [0.717, 1.165) is 64.2 Å². The van der Waals surface area contributed by atoms with Crippen molar-refractivity contribution in [2.24, 2.45) is 11.8 Å². The number of carbonyl (C=O) groups is 2. The number of carboxylic acids is 1. The molecule has 0 aromatic rings. The number of unbranched alkanes of at least 4 members (excludes halogenated alkanes) is 5. The van der Waals surface area contributed by atoms with Crippen LogP contribution < -0.4 is 0 Å². The van der Waals surface area contributed by atoms with Crippen LogP contribution in [0.2, 0.25) is 0 Å². The summed E-state index contributed by atoms with van der Waals surface area (Å²) in [6.07, 6.45) is 16.2. The van der Waals surface area contributed by atoms with E-state index in [2.05, 4.69) is 13.0 Å². The molecular formula is C21H34O4. The first-order chi connectivity index (χ1) is 12.1. The Morgan fingerprint density at radius 3 is 2.48 bits per heavy atom. The highest BCUT2D eigenvalue weighted by atomic mass is 16.5. The van der Waals surface area contributed by atoms with E-state index >= 15 is 0 Å². The van der Waals surface area contributed by atoms with E-state index < -0.39 is 5.97 Å². The van der Waals surface area contributed by atoms with Crippen molar-refractivity contribution in [1.82, 2.24) is 0 Å². The molecule has 0 aromatic heterocycles. The molecule has 4 heteroatoms. The SMILES string of the molecule is CCCCCC(=O)/C=C/[C@H]1[C@H](CCCCCCC(=O)O)[C@H]2CC[C@@H]1O2. The predicted molar refractivity (Wildman–Crippen MR) is 98.5 cm³/mol. The number of aliphatic carboxylic acids is 1. The number of hydrogen-bond acceptors (Lipinski definition) is 3. The molecule has 25 heavy (non-hydrogen) atoms.